The third kappa shape index (κ3) is 4.15. The first kappa shape index (κ1) is 18.1. The molecule has 4 rings (SSSR count). The average Bonchev–Trinajstić information content (AvgIpc) is 2.95. The van der Waals surface area contributed by atoms with Crippen LogP contribution in [0.2, 0.25) is 5.02 Å². The van der Waals surface area contributed by atoms with Crippen LogP contribution in [-0.2, 0) is 0 Å². The third-order valence-corrected chi connectivity index (χ3v) is 4.20. The van der Waals surface area contributed by atoms with E-state index >= 15 is 0 Å². The summed E-state index contributed by atoms with van der Waals surface area (Å²) in [7, 11) is 0. The summed E-state index contributed by atoms with van der Waals surface area (Å²) in [6.07, 6.45) is 5.36. The molecule has 2 aromatic carbocycles. The van der Waals surface area contributed by atoms with Gasteiger partial charge in [-0.1, -0.05) is 17.7 Å². The zero-order chi connectivity index (χ0) is 19.3. The van der Waals surface area contributed by atoms with Gasteiger partial charge in [0.1, 0.15) is 5.75 Å². The van der Waals surface area contributed by atoms with Gasteiger partial charge in [-0.2, -0.15) is 0 Å². The molecule has 0 fully saturated rings. The first-order valence-electron chi connectivity index (χ1n) is 8.63. The van der Waals surface area contributed by atoms with Gasteiger partial charge in [-0.05, 0) is 24.3 Å². The Morgan fingerprint density at radius 1 is 1.14 bits per heavy atom. The molecule has 1 aromatic heterocycles. The number of carbonyl (C=O) groups excluding carboxylic acids is 1. The number of amides is 1. The Kier molecular flexibility index (Phi) is 5.25. The molecule has 0 unspecified atom stereocenters. The van der Waals surface area contributed by atoms with Crippen LogP contribution in [0.3, 0.4) is 0 Å². The van der Waals surface area contributed by atoms with Gasteiger partial charge in [0.25, 0.3) is 5.91 Å². The van der Waals surface area contributed by atoms with Crippen molar-refractivity contribution in [1.82, 2.24) is 9.97 Å². The Hall–Kier alpha value is -3.32. The number of rotatable bonds is 4. The highest BCUT2D eigenvalue weighted by molar-refractivity contribution is 6.32. The molecular formula is C20H16ClN3O4. The lowest BCUT2D eigenvalue weighted by molar-refractivity contribution is 0.102. The van der Waals surface area contributed by atoms with E-state index in [1.807, 2.05) is 0 Å². The Labute approximate surface area is 166 Å². The minimum Gasteiger partial charge on any atom is -0.489 e. The van der Waals surface area contributed by atoms with Crippen LogP contribution in [0.25, 0.3) is 0 Å². The van der Waals surface area contributed by atoms with Crippen molar-refractivity contribution < 1.29 is 19.0 Å². The van der Waals surface area contributed by atoms with Crippen LogP contribution in [0.5, 0.6) is 23.1 Å². The van der Waals surface area contributed by atoms with Gasteiger partial charge in [-0.3, -0.25) is 9.78 Å². The highest BCUT2D eigenvalue weighted by Gasteiger charge is 2.18. The molecule has 0 saturated carbocycles. The SMILES string of the molecule is O=C(Nc1cccc(Oc2cnccn2)c1)c1cc(Cl)c2c(c1)OCCCO2. The summed E-state index contributed by atoms with van der Waals surface area (Å²) in [5, 5.41) is 3.16. The number of fused-ring (bicyclic) bond motifs is 1. The van der Waals surface area contributed by atoms with E-state index < -0.39 is 0 Å². The lowest BCUT2D eigenvalue weighted by Crippen LogP contribution is -2.12. The number of anilines is 1. The number of hydrogen-bond donors (Lipinski definition) is 1. The molecule has 0 radical (unpaired) electrons. The highest BCUT2D eigenvalue weighted by Crippen LogP contribution is 2.38. The van der Waals surface area contributed by atoms with Crippen molar-refractivity contribution in [3.8, 4) is 23.1 Å². The quantitative estimate of drug-likeness (QED) is 0.705. The van der Waals surface area contributed by atoms with Crippen LogP contribution in [0, 0.1) is 0 Å². The van der Waals surface area contributed by atoms with Crippen LogP contribution in [0.15, 0.2) is 55.0 Å². The maximum atomic E-state index is 12.7. The van der Waals surface area contributed by atoms with E-state index in [9.17, 15) is 4.79 Å². The van der Waals surface area contributed by atoms with E-state index in [0.29, 0.717) is 52.6 Å². The standard InChI is InChI=1S/C20H16ClN3O4/c21-16-9-13(10-17-19(16)27-8-2-7-26-17)20(25)24-14-3-1-4-15(11-14)28-18-12-22-5-6-23-18/h1,3-6,9-12H,2,7-8H2,(H,24,25). The van der Waals surface area contributed by atoms with Crippen molar-refractivity contribution in [3.05, 3.63) is 65.6 Å². The fourth-order valence-electron chi connectivity index (χ4n) is 2.66. The van der Waals surface area contributed by atoms with Crippen molar-refractivity contribution in [2.45, 2.75) is 6.42 Å². The first-order valence-corrected chi connectivity index (χ1v) is 9.01. The Morgan fingerprint density at radius 3 is 2.89 bits per heavy atom. The zero-order valence-electron chi connectivity index (χ0n) is 14.7. The van der Waals surface area contributed by atoms with E-state index in [1.165, 1.54) is 12.4 Å². The number of aromatic nitrogens is 2. The summed E-state index contributed by atoms with van der Waals surface area (Å²) in [6, 6.07) is 10.2. The van der Waals surface area contributed by atoms with Crippen molar-refractivity contribution in [3.63, 3.8) is 0 Å². The number of nitrogens with one attached hydrogen (secondary N) is 1. The van der Waals surface area contributed by atoms with E-state index in [2.05, 4.69) is 15.3 Å². The molecule has 0 atom stereocenters. The van der Waals surface area contributed by atoms with Gasteiger partial charge in [0.05, 0.1) is 24.4 Å². The molecule has 0 bridgehead atoms. The van der Waals surface area contributed by atoms with Gasteiger partial charge in [0, 0.05) is 36.1 Å². The molecule has 0 saturated heterocycles. The molecule has 3 aromatic rings. The molecule has 1 aliphatic heterocycles. The lowest BCUT2D eigenvalue weighted by atomic mass is 10.1. The van der Waals surface area contributed by atoms with Crippen LogP contribution in [0.1, 0.15) is 16.8 Å². The largest absolute Gasteiger partial charge is 0.489 e. The second kappa shape index (κ2) is 8.14. The number of hydrogen-bond acceptors (Lipinski definition) is 6. The molecule has 8 heteroatoms. The van der Waals surface area contributed by atoms with E-state index in [0.717, 1.165) is 6.42 Å². The van der Waals surface area contributed by atoms with Gasteiger partial charge >= 0.3 is 0 Å². The zero-order valence-corrected chi connectivity index (χ0v) is 15.5. The van der Waals surface area contributed by atoms with Crippen molar-refractivity contribution in [1.29, 1.82) is 0 Å². The molecule has 28 heavy (non-hydrogen) atoms. The lowest BCUT2D eigenvalue weighted by Gasteiger charge is -2.12. The molecule has 0 spiro atoms. The summed E-state index contributed by atoms with van der Waals surface area (Å²) in [5.41, 5.74) is 0.934. The second-order valence-corrected chi connectivity index (χ2v) is 6.37. The average molecular weight is 398 g/mol. The Morgan fingerprint density at radius 2 is 2.04 bits per heavy atom. The predicted molar refractivity (Wildman–Crippen MR) is 104 cm³/mol. The molecule has 0 aliphatic carbocycles. The van der Waals surface area contributed by atoms with Crippen LogP contribution in [0.4, 0.5) is 5.69 Å². The fourth-order valence-corrected chi connectivity index (χ4v) is 2.93. The predicted octanol–water partition coefficient (Wildman–Crippen LogP) is 4.34. The molecule has 1 N–H and O–H groups in total. The maximum Gasteiger partial charge on any atom is 0.255 e. The summed E-state index contributed by atoms with van der Waals surface area (Å²) < 4.78 is 16.9. The number of halogens is 1. The summed E-state index contributed by atoms with van der Waals surface area (Å²) >= 11 is 6.26. The van der Waals surface area contributed by atoms with E-state index in [4.69, 9.17) is 25.8 Å². The van der Waals surface area contributed by atoms with Gasteiger partial charge < -0.3 is 19.5 Å². The summed E-state index contributed by atoms with van der Waals surface area (Å²) in [6.45, 7) is 1.03. The molecule has 1 aliphatic rings. The number of nitrogens with zero attached hydrogens (tertiary/aromatic N) is 2. The Bertz CT molecular complexity index is 998. The minimum absolute atomic E-state index is 0.325. The van der Waals surface area contributed by atoms with Crippen molar-refractivity contribution in [2.24, 2.45) is 0 Å². The normalized spacial score (nSPS) is 12.8. The number of ether oxygens (including phenoxy) is 3. The van der Waals surface area contributed by atoms with Gasteiger partial charge in [-0.25, -0.2) is 4.98 Å². The van der Waals surface area contributed by atoms with E-state index in [1.54, 1.807) is 42.6 Å². The molecule has 7 nitrogen and oxygen atoms in total. The van der Waals surface area contributed by atoms with Crippen molar-refractivity contribution in [2.75, 3.05) is 18.5 Å². The number of carbonyl (C=O) groups is 1. The molecule has 142 valence electrons. The van der Waals surface area contributed by atoms with Crippen molar-refractivity contribution >= 4 is 23.2 Å². The van der Waals surface area contributed by atoms with Gasteiger partial charge in [0.15, 0.2) is 11.5 Å². The molecule has 2 heterocycles. The maximum absolute atomic E-state index is 12.7. The number of benzene rings is 2. The summed E-state index contributed by atoms with van der Waals surface area (Å²) in [5.74, 6) is 1.50. The van der Waals surface area contributed by atoms with Crippen LogP contribution in [-0.4, -0.2) is 29.1 Å². The highest BCUT2D eigenvalue weighted by atomic mass is 35.5. The second-order valence-electron chi connectivity index (χ2n) is 5.96. The minimum atomic E-state index is -0.325. The van der Waals surface area contributed by atoms with Crippen LogP contribution >= 0.6 is 11.6 Å². The fraction of sp³-hybridized carbons (Fsp3) is 0.150. The summed E-state index contributed by atoms with van der Waals surface area (Å²) in [4.78, 5) is 20.7. The third-order valence-electron chi connectivity index (χ3n) is 3.92. The molecular weight excluding hydrogens is 382 g/mol. The smallest absolute Gasteiger partial charge is 0.255 e. The monoisotopic (exact) mass is 397 g/mol. The first-order chi connectivity index (χ1) is 13.7. The van der Waals surface area contributed by atoms with Crippen LogP contribution < -0.4 is 19.5 Å². The Balaban J connectivity index is 1.52. The van der Waals surface area contributed by atoms with Gasteiger partial charge in [-0.15, -0.1) is 0 Å². The molecule has 1 amide bonds. The van der Waals surface area contributed by atoms with E-state index in [-0.39, 0.29) is 5.91 Å². The topological polar surface area (TPSA) is 82.6 Å². The van der Waals surface area contributed by atoms with Gasteiger partial charge in [0.2, 0.25) is 5.88 Å².